The molecule has 2 aromatic carbocycles. The number of nitrogens with zero attached hydrogens (tertiary/aromatic N) is 1. The Labute approximate surface area is 168 Å². The third-order valence-corrected chi connectivity index (χ3v) is 5.27. The van der Waals surface area contributed by atoms with E-state index in [0.29, 0.717) is 28.7 Å². The fourth-order valence-corrected chi connectivity index (χ4v) is 3.61. The van der Waals surface area contributed by atoms with E-state index in [1.165, 1.54) is 16.9 Å². The molecule has 0 atom stereocenters. The minimum absolute atomic E-state index is 0.119. The van der Waals surface area contributed by atoms with Gasteiger partial charge in [0.15, 0.2) is 11.5 Å². The second-order valence-corrected chi connectivity index (χ2v) is 7.40. The maximum atomic E-state index is 12.3. The fraction of sp³-hybridized carbons (Fsp3) is 0.273. The standard InChI is InChI=1S/C22H23NO4S/c1-14(2)15-8-10-16(11-9-15)22(24)27-12-17-13-28-21(23-17)18-6-5-7-19(25-3)20(18)26-4/h5-11,13-14H,12H2,1-4H3. The van der Waals surface area contributed by atoms with Gasteiger partial charge in [-0.15, -0.1) is 11.3 Å². The van der Waals surface area contributed by atoms with Gasteiger partial charge in [-0.1, -0.05) is 32.0 Å². The van der Waals surface area contributed by atoms with Crippen molar-refractivity contribution in [2.75, 3.05) is 14.2 Å². The van der Waals surface area contributed by atoms with Crippen molar-refractivity contribution in [2.24, 2.45) is 0 Å². The first-order chi connectivity index (χ1) is 13.5. The molecule has 3 aromatic rings. The number of carbonyl (C=O) groups excluding carboxylic acids is 1. The van der Waals surface area contributed by atoms with Gasteiger partial charge >= 0.3 is 5.97 Å². The number of hydrogen-bond acceptors (Lipinski definition) is 6. The number of esters is 1. The highest BCUT2D eigenvalue weighted by Gasteiger charge is 2.15. The third kappa shape index (κ3) is 4.34. The summed E-state index contributed by atoms with van der Waals surface area (Å²) < 4.78 is 16.2. The molecule has 1 heterocycles. The SMILES string of the molecule is COc1cccc(-c2nc(COC(=O)c3ccc(C(C)C)cc3)cs2)c1OC. The zero-order valence-corrected chi connectivity index (χ0v) is 17.2. The van der Waals surface area contributed by atoms with Gasteiger partial charge in [0.25, 0.3) is 0 Å². The van der Waals surface area contributed by atoms with Crippen molar-refractivity contribution in [3.63, 3.8) is 0 Å². The van der Waals surface area contributed by atoms with Crippen molar-refractivity contribution in [2.45, 2.75) is 26.4 Å². The van der Waals surface area contributed by atoms with E-state index in [-0.39, 0.29) is 12.6 Å². The molecule has 0 aliphatic heterocycles. The van der Waals surface area contributed by atoms with Crippen molar-refractivity contribution in [1.29, 1.82) is 0 Å². The minimum atomic E-state index is -0.358. The first kappa shape index (κ1) is 19.9. The molecule has 3 rings (SSSR count). The first-order valence-corrected chi connectivity index (χ1v) is 9.84. The lowest BCUT2D eigenvalue weighted by Crippen LogP contribution is -2.05. The van der Waals surface area contributed by atoms with Crippen molar-refractivity contribution in [3.05, 3.63) is 64.7 Å². The van der Waals surface area contributed by atoms with E-state index in [4.69, 9.17) is 14.2 Å². The van der Waals surface area contributed by atoms with Crippen LogP contribution in [0.5, 0.6) is 11.5 Å². The van der Waals surface area contributed by atoms with Crippen LogP contribution in [0, 0.1) is 0 Å². The van der Waals surface area contributed by atoms with Crippen LogP contribution in [0.3, 0.4) is 0 Å². The number of thiazole rings is 1. The van der Waals surface area contributed by atoms with Crippen LogP contribution in [0.4, 0.5) is 0 Å². The van der Waals surface area contributed by atoms with E-state index in [1.807, 2.05) is 35.7 Å². The van der Waals surface area contributed by atoms with Crippen molar-refractivity contribution >= 4 is 17.3 Å². The van der Waals surface area contributed by atoms with E-state index in [1.54, 1.807) is 26.4 Å². The molecule has 0 fully saturated rings. The summed E-state index contributed by atoms with van der Waals surface area (Å²) in [4.78, 5) is 16.8. The van der Waals surface area contributed by atoms with Gasteiger partial charge in [0, 0.05) is 5.38 Å². The molecule has 0 saturated carbocycles. The third-order valence-electron chi connectivity index (χ3n) is 4.35. The van der Waals surface area contributed by atoms with Crippen LogP contribution in [-0.2, 0) is 11.3 Å². The Morgan fingerprint density at radius 3 is 2.46 bits per heavy atom. The van der Waals surface area contributed by atoms with Crippen LogP contribution in [0.1, 0.15) is 41.4 Å². The number of benzene rings is 2. The lowest BCUT2D eigenvalue weighted by atomic mass is 10.0. The monoisotopic (exact) mass is 397 g/mol. The second kappa shape index (κ2) is 8.89. The average Bonchev–Trinajstić information content (AvgIpc) is 3.20. The lowest BCUT2D eigenvalue weighted by molar-refractivity contribution is 0.0468. The zero-order chi connectivity index (χ0) is 20.1. The van der Waals surface area contributed by atoms with Gasteiger partial charge in [-0.25, -0.2) is 9.78 Å². The molecule has 0 spiro atoms. The topological polar surface area (TPSA) is 57.7 Å². The quantitative estimate of drug-likeness (QED) is 0.506. The highest BCUT2D eigenvalue weighted by molar-refractivity contribution is 7.13. The van der Waals surface area contributed by atoms with E-state index >= 15 is 0 Å². The summed E-state index contributed by atoms with van der Waals surface area (Å²) in [5.74, 6) is 1.34. The molecule has 0 saturated heterocycles. The van der Waals surface area contributed by atoms with Gasteiger partial charge in [0.1, 0.15) is 11.6 Å². The molecule has 0 N–H and O–H groups in total. The predicted octanol–water partition coefficient (Wildman–Crippen LogP) is 5.31. The molecular weight excluding hydrogens is 374 g/mol. The number of aromatic nitrogens is 1. The highest BCUT2D eigenvalue weighted by atomic mass is 32.1. The number of hydrogen-bond donors (Lipinski definition) is 0. The van der Waals surface area contributed by atoms with Gasteiger partial charge in [0.05, 0.1) is 31.0 Å². The number of methoxy groups -OCH3 is 2. The molecule has 1 aromatic heterocycles. The van der Waals surface area contributed by atoms with Crippen molar-refractivity contribution < 1.29 is 19.0 Å². The molecule has 0 bridgehead atoms. The molecule has 0 amide bonds. The van der Waals surface area contributed by atoms with Crippen molar-refractivity contribution in [1.82, 2.24) is 4.98 Å². The zero-order valence-electron chi connectivity index (χ0n) is 16.4. The van der Waals surface area contributed by atoms with Gasteiger partial charge in [0.2, 0.25) is 0 Å². The van der Waals surface area contributed by atoms with Crippen LogP contribution in [0.25, 0.3) is 10.6 Å². The Kier molecular flexibility index (Phi) is 6.31. The Hall–Kier alpha value is -2.86. The van der Waals surface area contributed by atoms with Crippen molar-refractivity contribution in [3.8, 4) is 22.1 Å². The van der Waals surface area contributed by atoms with Gasteiger partial charge in [-0.3, -0.25) is 0 Å². The summed E-state index contributed by atoms with van der Waals surface area (Å²) in [5, 5.41) is 2.66. The Morgan fingerprint density at radius 2 is 1.82 bits per heavy atom. The number of para-hydroxylation sites is 1. The molecule has 146 valence electrons. The van der Waals surface area contributed by atoms with Gasteiger partial charge in [-0.05, 0) is 35.7 Å². The van der Waals surface area contributed by atoms with Crippen LogP contribution in [0.2, 0.25) is 0 Å². The molecule has 0 unspecified atom stereocenters. The first-order valence-electron chi connectivity index (χ1n) is 8.96. The fourth-order valence-electron chi connectivity index (χ4n) is 2.78. The summed E-state index contributed by atoms with van der Waals surface area (Å²) in [5.41, 5.74) is 3.26. The summed E-state index contributed by atoms with van der Waals surface area (Å²) in [6.07, 6.45) is 0. The smallest absolute Gasteiger partial charge is 0.338 e. The molecule has 6 heteroatoms. The van der Waals surface area contributed by atoms with E-state index in [0.717, 1.165) is 10.6 Å². The molecule has 0 aliphatic carbocycles. The van der Waals surface area contributed by atoms with Crippen LogP contribution < -0.4 is 9.47 Å². The lowest BCUT2D eigenvalue weighted by Gasteiger charge is -2.10. The van der Waals surface area contributed by atoms with E-state index in [2.05, 4.69) is 18.8 Å². The predicted molar refractivity (Wildman–Crippen MR) is 110 cm³/mol. The number of carbonyl (C=O) groups is 1. The Bertz CT molecular complexity index is 947. The highest BCUT2D eigenvalue weighted by Crippen LogP contribution is 2.39. The number of rotatable bonds is 7. The van der Waals surface area contributed by atoms with E-state index < -0.39 is 0 Å². The molecule has 5 nitrogen and oxygen atoms in total. The van der Waals surface area contributed by atoms with Gasteiger partial charge < -0.3 is 14.2 Å². The molecule has 28 heavy (non-hydrogen) atoms. The molecular formula is C22H23NO4S. The summed E-state index contributed by atoms with van der Waals surface area (Å²) in [7, 11) is 3.20. The molecule has 0 aliphatic rings. The summed E-state index contributed by atoms with van der Waals surface area (Å²) in [6.45, 7) is 4.35. The molecule has 0 radical (unpaired) electrons. The van der Waals surface area contributed by atoms with Crippen LogP contribution >= 0.6 is 11.3 Å². The largest absolute Gasteiger partial charge is 0.493 e. The maximum absolute atomic E-state index is 12.3. The van der Waals surface area contributed by atoms with Crippen LogP contribution in [0.15, 0.2) is 47.8 Å². The average molecular weight is 397 g/mol. The van der Waals surface area contributed by atoms with Crippen LogP contribution in [-0.4, -0.2) is 25.2 Å². The minimum Gasteiger partial charge on any atom is -0.493 e. The number of ether oxygens (including phenoxy) is 3. The Balaban J connectivity index is 1.69. The van der Waals surface area contributed by atoms with Gasteiger partial charge in [-0.2, -0.15) is 0 Å². The second-order valence-electron chi connectivity index (χ2n) is 6.54. The Morgan fingerprint density at radius 1 is 1.07 bits per heavy atom. The summed E-state index contributed by atoms with van der Waals surface area (Å²) in [6, 6.07) is 13.2. The normalized spacial score (nSPS) is 10.8. The summed E-state index contributed by atoms with van der Waals surface area (Å²) >= 11 is 1.47. The van der Waals surface area contributed by atoms with E-state index in [9.17, 15) is 4.79 Å². The maximum Gasteiger partial charge on any atom is 0.338 e.